The van der Waals surface area contributed by atoms with Gasteiger partial charge >= 0.3 is 5.97 Å². The summed E-state index contributed by atoms with van der Waals surface area (Å²) in [7, 11) is 0. The first-order valence-corrected chi connectivity index (χ1v) is 7.06. The molecule has 0 fully saturated rings. The van der Waals surface area contributed by atoms with Gasteiger partial charge in [-0.15, -0.1) is 0 Å². The lowest BCUT2D eigenvalue weighted by Crippen LogP contribution is -2.23. The highest BCUT2D eigenvalue weighted by Gasteiger charge is 2.15. The predicted octanol–water partition coefficient (Wildman–Crippen LogP) is 2.61. The molecule has 98 valence electrons. The van der Waals surface area contributed by atoms with Crippen molar-refractivity contribution in [2.24, 2.45) is 0 Å². The number of hydrogen-bond donors (Lipinski definition) is 1. The van der Waals surface area contributed by atoms with E-state index in [4.69, 9.17) is 5.11 Å². The molecule has 0 saturated heterocycles. The molecule has 1 heterocycles. The third-order valence-corrected chi connectivity index (χ3v) is 3.86. The molecule has 0 amide bonds. The maximum absolute atomic E-state index is 11.7. The maximum atomic E-state index is 11.7. The summed E-state index contributed by atoms with van der Waals surface area (Å²) in [6, 6.07) is 5.55. The summed E-state index contributed by atoms with van der Waals surface area (Å²) in [4.78, 5) is 22.7. The minimum absolute atomic E-state index is 0.336. The zero-order valence-electron chi connectivity index (χ0n) is 9.72. The second-order valence-corrected chi connectivity index (χ2v) is 5.91. The summed E-state index contributed by atoms with van der Waals surface area (Å²) in [6.45, 7) is 1.57. The van der Waals surface area contributed by atoms with Crippen molar-refractivity contribution in [3.63, 3.8) is 0 Å². The topological polar surface area (TPSA) is 72.2 Å². The first-order chi connectivity index (χ1) is 8.90. The maximum Gasteiger partial charge on any atom is 0.360 e. The van der Waals surface area contributed by atoms with Crippen LogP contribution in [0.4, 0.5) is 0 Å². The molecule has 19 heavy (non-hydrogen) atoms. The van der Waals surface area contributed by atoms with E-state index in [2.05, 4.69) is 43.6 Å². The van der Waals surface area contributed by atoms with E-state index in [1.54, 1.807) is 6.92 Å². The zero-order valence-corrected chi connectivity index (χ0v) is 13.5. The van der Waals surface area contributed by atoms with Gasteiger partial charge in [-0.05, 0) is 47.7 Å². The highest BCUT2D eigenvalue weighted by molar-refractivity contribution is 14.1. The lowest BCUT2D eigenvalue weighted by Gasteiger charge is -2.10. The van der Waals surface area contributed by atoms with Gasteiger partial charge in [-0.25, -0.2) is 9.48 Å². The first-order valence-electron chi connectivity index (χ1n) is 5.19. The molecule has 0 spiro atoms. The van der Waals surface area contributed by atoms with Gasteiger partial charge in [0.15, 0.2) is 0 Å². The van der Waals surface area contributed by atoms with Crippen LogP contribution < -0.4 is 5.43 Å². The van der Waals surface area contributed by atoms with Gasteiger partial charge in [0.2, 0.25) is 11.1 Å². The number of hydrogen-bond acceptors (Lipinski definition) is 3. The van der Waals surface area contributed by atoms with Crippen LogP contribution in [0.5, 0.6) is 0 Å². The van der Waals surface area contributed by atoms with Crippen LogP contribution in [-0.4, -0.2) is 20.9 Å². The molecule has 0 aliphatic rings. The van der Waals surface area contributed by atoms with E-state index in [1.165, 1.54) is 10.9 Å². The molecule has 1 N–H and O–H groups in total. The molecular formula is C12H8BrIN2O3. The standard InChI is InChI=1S/C12H8BrIN2O3/c1-6-5-16(15-10(11(6)17)12(18)19)9-4-7(13)2-3-8(9)14/h2-5H,1H3,(H,18,19). The number of nitrogens with zero attached hydrogens (tertiary/aromatic N) is 2. The van der Waals surface area contributed by atoms with E-state index in [0.29, 0.717) is 11.3 Å². The van der Waals surface area contributed by atoms with Gasteiger partial charge in [0, 0.05) is 19.8 Å². The zero-order chi connectivity index (χ0) is 14.2. The van der Waals surface area contributed by atoms with Crippen molar-refractivity contribution in [3.05, 3.63) is 53.9 Å². The summed E-state index contributed by atoms with van der Waals surface area (Å²) >= 11 is 5.47. The number of carbonyl (C=O) groups is 1. The molecule has 0 aliphatic carbocycles. The van der Waals surface area contributed by atoms with E-state index in [1.807, 2.05) is 18.2 Å². The first kappa shape index (κ1) is 14.2. The molecule has 7 heteroatoms. The van der Waals surface area contributed by atoms with E-state index in [0.717, 1.165) is 8.04 Å². The van der Waals surface area contributed by atoms with E-state index < -0.39 is 17.1 Å². The second kappa shape index (κ2) is 5.41. The lowest BCUT2D eigenvalue weighted by atomic mass is 10.2. The van der Waals surface area contributed by atoms with Crippen LogP contribution in [0, 0.1) is 10.5 Å². The third-order valence-electron chi connectivity index (χ3n) is 2.45. The number of aromatic carboxylic acids is 1. The Morgan fingerprint density at radius 3 is 2.79 bits per heavy atom. The molecule has 0 bridgehead atoms. The van der Waals surface area contributed by atoms with Gasteiger partial charge in [0.25, 0.3) is 0 Å². The van der Waals surface area contributed by atoms with Gasteiger partial charge in [-0.3, -0.25) is 4.79 Å². The molecule has 5 nitrogen and oxygen atoms in total. The van der Waals surface area contributed by atoms with Crippen molar-refractivity contribution >= 4 is 44.5 Å². The molecule has 0 atom stereocenters. The number of halogens is 2. The van der Waals surface area contributed by atoms with Crippen LogP contribution in [0.25, 0.3) is 5.69 Å². The Morgan fingerprint density at radius 1 is 1.47 bits per heavy atom. The normalized spacial score (nSPS) is 10.5. The SMILES string of the molecule is Cc1cn(-c2cc(Br)ccc2I)nc(C(=O)O)c1=O. The Balaban J connectivity index is 2.73. The summed E-state index contributed by atoms with van der Waals surface area (Å²) in [5.74, 6) is -1.33. The molecule has 0 radical (unpaired) electrons. The average molecular weight is 435 g/mol. The van der Waals surface area contributed by atoms with Crippen molar-refractivity contribution in [3.8, 4) is 5.69 Å². The largest absolute Gasteiger partial charge is 0.476 e. The van der Waals surface area contributed by atoms with Gasteiger partial charge < -0.3 is 5.11 Å². The smallest absolute Gasteiger partial charge is 0.360 e. The number of carboxylic acid groups (broad SMARTS) is 1. The molecule has 1 aromatic carbocycles. The average Bonchev–Trinajstić information content (AvgIpc) is 2.35. The molecule has 2 rings (SSSR count). The molecule has 0 aliphatic heterocycles. The van der Waals surface area contributed by atoms with Crippen molar-refractivity contribution in [2.45, 2.75) is 6.92 Å². The van der Waals surface area contributed by atoms with E-state index >= 15 is 0 Å². The fourth-order valence-corrected chi connectivity index (χ4v) is 2.47. The van der Waals surface area contributed by atoms with Crippen LogP contribution in [0.15, 0.2) is 33.7 Å². The van der Waals surface area contributed by atoms with Crippen molar-refractivity contribution < 1.29 is 9.90 Å². The van der Waals surface area contributed by atoms with E-state index in [-0.39, 0.29) is 0 Å². The Morgan fingerprint density at radius 2 is 2.16 bits per heavy atom. The quantitative estimate of drug-likeness (QED) is 0.737. The molecule has 1 aromatic heterocycles. The third kappa shape index (κ3) is 2.86. The minimum atomic E-state index is -1.33. The van der Waals surface area contributed by atoms with Crippen LogP contribution in [0.1, 0.15) is 16.1 Å². The monoisotopic (exact) mass is 434 g/mol. The summed E-state index contributed by atoms with van der Waals surface area (Å²) in [5, 5.41) is 12.9. The highest BCUT2D eigenvalue weighted by Crippen LogP contribution is 2.21. The van der Waals surface area contributed by atoms with Gasteiger partial charge in [-0.2, -0.15) is 5.10 Å². The van der Waals surface area contributed by atoms with Gasteiger partial charge in [0.05, 0.1) is 5.69 Å². The van der Waals surface area contributed by atoms with Gasteiger partial charge in [0.1, 0.15) is 0 Å². The lowest BCUT2D eigenvalue weighted by molar-refractivity contribution is 0.0686. The van der Waals surface area contributed by atoms with Crippen LogP contribution >= 0.6 is 38.5 Å². The van der Waals surface area contributed by atoms with Crippen molar-refractivity contribution in [2.75, 3.05) is 0 Å². The Hall–Kier alpha value is -1.22. The highest BCUT2D eigenvalue weighted by atomic mass is 127. The van der Waals surface area contributed by atoms with Crippen LogP contribution in [0.3, 0.4) is 0 Å². The van der Waals surface area contributed by atoms with Crippen LogP contribution in [-0.2, 0) is 0 Å². The fraction of sp³-hybridized carbons (Fsp3) is 0.0833. The number of carboxylic acids is 1. The predicted molar refractivity (Wildman–Crippen MR) is 81.9 cm³/mol. The van der Waals surface area contributed by atoms with Crippen molar-refractivity contribution in [1.82, 2.24) is 9.78 Å². The van der Waals surface area contributed by atoms with Crippen molar-refractivity contribution in [1.29, 1.82) is 0 Å². The second-order valence-electron chi connectivity index (χ2n) is 3.84. The molecule has 0 saturated carbocycles. The number of aryl methyl sites for hydroxylation is 1. The number of rotatable bonds is 2. The molecular weight excluding hydrogens is 427 g/mol. The Bertz CT molecular complexity index is 727. The van der Waals surface area contributed by atoms with E-state index in [9.17, 15) is 9.59 Å². The Labute approximate surface area is 130 Å². The molecule has 2 aromatic rings. The summed E-state index contributed by atoms with van der Waals surface area (Å²) in [6.07, 6.45) is 1.53. The van der Waals surface area contributed by atoms with Crippen LogP contribution in [0.2, 0.25) is 0 Å². The fourth-order valence-electron chi connectivity index (χ4n) is 1.54. The number of aromatic nitrogens is 2. The molecule has 0 unspecified atom stereocenters. The van der Waals surface area contributed by atoms with Gasteiger partial charge in [-0.1, -0.05) is 15.9 Å². The number of benzene rings is 1. The summed E-state index contributed by atoms with van der Waals surface area (Å²) in [5.41, 5.74) is 0.00767. The Kier molecular flexibility index (Phi) is 4.04. The summed E-state index contributed by atoms with van der Waals surface area (Å²) < 4.78 is 3.15. The minimum Gasteiger partial charge on any atom is -0.476 e.